The Morgan fingerprint density at radius 1 is 1.28 bits per heavy atom. The first kappa shape index (κ1) is 16.2. The topological polar surface area (TPSA) is 93.1 Å². The molecule has 1 amide bonds. The zero-order valence-electron chi connectivity index (χ0n) is 11.2. The Hall–Kier alpha value is -1.79. The molecule has 1 N–H and O–H groups in total. The molecule has 0 saturated heterocycles. The predicted molar refractivity (Wildman–Crippen MR) is 62.1 cm³/mol. The van der Waals surface area contributed by atoms with Gasteiger partial charge in [-0.05, 0) is 20.8 Å². The standard InChI is InChI=1S/C11H19NO6/c1-11(2,3)18-10(16)12(4)7(9(14)15)6-8(13)17-5/h7H,6H2,1-5H3,(H,14,15)/t7-/m1/s1. The number of carbonyl (C=O) groups is 3. The van der Waals surface area contributed by atoms with Crippen LogP contribution in [-0.2, 0) is 19.1 Å². The predicted octanol–water partition coefficient (Wildman–Crippen LogP) is 0.870. The van der Waals surface area contributed by atoms with Gasteiger partial charge < -0.3 is 14.6 Å². The quantitative estimate of drug-likeness (QED) is 0.755. The summed E-state index contributed by atoms with van der Waals surface area (Å²) < 4.78 is 9.40. The lowest BCUT2D eigenvalue weighted by Gasteiger charge is -2.27. The van der Waals surface area contributed by atoms with Gasteiger partial charge in [0.25, 0.3) is 0 Å². The number of amides is 1. The molecule has 0 unspecified atom stereocenters. The highest BCUT2D eigenvalue weighted by atomic mass is 16.6. The van der Waals surface area contributed by atoms with Crippen molar-refractivity contribution in [2.24, 2.45) is 0 Å². The second kappa shape index (κ2) is 6.23. The van der Waals surface area contributed by atoms with Crippen LogP contribution < -0.4 is 0 Å². The van der Waals surface area contributed by atoms with Crippen LogP contribution in [0.25, 0.3) is 0 Å². The number of carboxylic acids is 1. The minimum atomic E-state index is -1.31. The maximum atomic E-state index is 11.7. The minimum absolute atomic E-state index is 0.429. The second-order valence-corrected chi connectivity index (χ2v) is 4.73. The zero-order valence-corrected chi connectivity index (χ0v) is 11.2. The molecule has 0 aliphatic rings. The lowest BCUT2D eigenvalue weighted by Crippen LogP contribution is -2.46. The summed E-state index contributed by atoms with van der Waals surface area (Å²) >= 11 is 0. The number of esters is 1. The van der Waals surface area contributed by atoms with Gasteiger partial charge in [-0.3, -0.25) is 9.69 Å². The SMILES string of the molecule is COC(=O)C[C@H](C(=O)O)N(C)C(=O)OC(C)(C)C. The number of ether oxygens (including phenoxy) is 2. The second-order valence-electron chi connectivity index (χ2n) is 4.73. The summed E-state index contributed by atoms with van der Waals surface area (Å²) in [4.78, 5) is 34.6. The maximum Gasteiger partial charge on any atom is 0.410 e. The van der Waals surface area contributed by atoms with Crippen molar-refractivity contribution in [2.45, 2.75) is 38.8 Å². The lowest BCUT2D eigenvalue weighted by atomic mass is 10.2. The highest BCUT2D eigenvalue weighted by Crippen LogP contribution is 2.12. The molecule has 7 heteroatoms. The van der Waals surface area contributed by atoms with Gasteiger partial charge in [-0.15, -0.1) is 0 Å². The molecule has 0 aliphatic heterocycles. The van der Waals surface area contributed by atoms with E-state index in [9.17, 15) is 14.4 Å². The van der Waals surface area contributed by atoms with E-state index in [1.165, 1.54) is 7.05 Å². The molecule has 0 heterocycles. The molecule has 0 aromatic rings. The van der Waals surface area contributed by atoms with Crippen LogP contribution in [0.4, 0.5) is 4.79 Å². The Morgan fingerprint density at radius 3 is 2.11 bits per heavy atom. The molecule has 0 radical (unpaired) electrons. The van der Waals surface area contributed by atoms with Crippen molar-refractivity contribution in [1.29, 1.82) is 0 Å². The van der Waals surface area contributed by atoms with Crippen LogP contribution in [-0.4, -0.2) is 53.8 Å². The number of carbonyl (C=O) groups excluding carboxylic acids is 2. The van der Waals surface area contributed by atoms with Crippen LogP contribution in [0.1, 0.15) is 27.2 Å². The van der Waals surface area contributed by atoms with Crippen LogP contribution in [0.2, 0.25) is 0 Å². The van der Waals surface area contributed by atoms with E-state index in [1.807, 2.05) is 0 Å². The van der Waals surface area contributed by atoms with E-state index in [0.717, 1.165) is 12.0 Å². The van der Waals surface area contributed by atoms with Gasteiger partial charge in [0, 0.05) is 7.05 Å². The van der Waals surface area contributed by atoms with Gasteiger partial charge in [0.05, 0.1) is 13.5 Å². The molecular formula is C11H19NO6. The van der Waals surface area contributed by atoms with Crippen molar-refractivity contribution < 1.29 is 29.0 Å². The number of likely N-dealkylation sites (N-methyl/N-ethyl adjacent to an activating group) is 1. The van der Waals surface area contributed by atoms with Gasteiger partial charge in [-0.25, -0.2) is 9.59 Å². The van der Waals surface area contributed by atoms with Crippen molar-refractivity contribution in [3.8, 4) is 0 Å². The van der Waals surface area contributed by atoms with Crippen molar-refractivity contribution in [3.63, 3.8) is 0 Å². The van der Waals surface area contributed by atoms with E-state index in [0.29, 0.717) is 0 Å². The van der Waals surface area contributed by atoms with Gasteiger partial charge in [-0.1, -0.05) is 0 Å². The van der Waals surface area contributed by atoms with E-state index in [1.54, 1.807) is 20.8 Å². The van der Waals surface area contributed by atoms with Gasteiger partial charge in [0.1, 0.15) is 11.6 Å². The van der Waals surface area contributed by atoms with Gasteiger partial charge in [0.2, 0.25) is 0 Å². The zero-order chi connectivity index (χ0) is 14.5. The molecule has 0 aromatic carbocycles. The van der Waals surface area contributed by atoms with E-state index in [4.69, 9.17) is 9.84 Å². The van der Waals surface area contributed by atoms with Crippen LogP contribution in [0.15, 0.2) is 0 Å². The third kappa shape index (κ3) is 5.51. The molecule has 18 heavy (non-hydrogen) atoms. The third-order valence-electron chi connectivity index (χ3n) is 2.02. The summed E-state index contributed by atoms with van der Waals surface area (Å²) in [5.74, 6) is -2.01. The first-order chi connectivity index (χ1) is 8.08. The molecular weight excluding hydrogens is 242 g/mol. The smallest absolute Gasteiger partial charge is 0.410 e. The van der Waals surface area contributed by atoms with Crippen LogP contribution >= 0.6 is 0 Å². The number of rotatable bonds is 4. The van der Waals surface area contributed by atoms with E-state index in [-0.39, 0.29) is 0 Å². The van der Waals surface area contributed by atoms with E-state index < -0.39 is 36.1 Å². The van der Waals surface area contributed by atoms with Crippen molar-refractivity contribution in [1.82, 2.24) is 4.90 Å². The monoisotopic (exact) mass is 261 g/mol. The summed E-state index contributed by atoms with van der Waals surface area (Å²) in [7, 11) is 2.41. The fraction of sp³-hybridized carbons (Fsp3) is 0.727. The number of aliphatic carboxylic acids is 1. The molecule has 0 fully saturated rings. The summed E-state index contributed by atoms with van der Waals surface area (Å²) in [5.41, 5.74) is -0.736. The van der Waals surface area contributed by atoms with E-state index >= 15 is 0 Å². The normalized spacial score (nSPS) is 12.5. The van der Waals surface area contributed by atoms with Gasteiger partial charge >= 0.3 is 18.0 Å². The number of methoxy groups -OCH3 is 1. The Kier molecular flexibility index (Phi) is 5.61. The summed E-state index contributed by atoms with van der Waals surface area (Å²) in [6, 6.07) is -1.31. The van der Waals surface area contributed by atoms with Crippen molar-refractivity contribution in [3.05, 3.63) is 0 Å². The first-order valence-electron chi connectivity index (χ1n) is 5.34. The number of nitrogens with zero attached hydrogens (tertiary/aromatic N) is 1. The van der Waals surface area contributed by atoms with Gasteiger partial charge in [0.15, 0.2) is 0 Å². The molecule has 1 atom stereocenters. The molecule has 104 valence electrons. The maximum absolute atomic E-state index is 11.7. The largest absolute Gasteiger partial charge is 0.480 e. The molecule has 0 spiro atoms. The Labute approximate surface area is 106 Å². The molecule has 0 aliphatic carbocycles. The Bertz CT molecular complexity index is 333. The molecule has 0 saturated carbocycles. The number of carboxylic acid groups (broad SMARTS) is 1. The number of hydrogen-bond acceptors (Lipinski definition) is 5. The first-order valence-corrected chi connectivity index (χ1v) is 5.34. The highest BCUT2D eigenvalue weighted by Gasteiger charge is 2.32. The third-order valence-corrected chi connectivity index (χ3v) is 2.02. The lowest BCUT2D eigenvalue weighted by molar-refractivity contribution is -0.150. The Morgan fingerprint density at radius 2 is 1.78 bits per heavy atom. The molecule has 0 aromatic heterocycles. The van der Waals surface area contributed by atoms with Crippen LogP contribution in [0, 0.1) is 0 Å². The fourth-order valence-corrected chi connectivity index (χ4v) is 1.09. The summed E-state index contributed by atoms with van der Waals surface area (Å²) in [6.45, 7) is 4.98. The molecule has 0 bridgehead atoms. The molecule has 7 nitrogen and oxygen atoms in total. The van der Waals surface area contributed by atoms with E-state index in [2.05, 4.69) is 4.74 Å². The van der Waals surface area contributed by atoms with Gasteiger partial charge in [-0.2, -0.15) is 0 Å². The molecule has 0 rings (SSSR count). The average molecular weight is 261 g/mol. The van der Waals surface area contributed by atoms with Crippen LogP contribution in [0.5, 0.6) is 0 Å². The number of hydrogen-bond donors (Lipinski definition) is 1. The minimum Gasteiger partial charge on any atom is -0.480 e. The Balaban J connectivity index is 4.76. The average Bonchev–Trinajstić information content (AvgIpc) is 2.21. The summed E-state index contributed by atoms with van der Waals surface area (Å²) in [5, 5.41) is 8.98. The summed E-state index contributed by atoms with van der Waals surface area (Å²) in [6.07, 6.45) is -1.24. The fourth-order valence-electron chi connectivity index (χ4n) is 1.09. The van der Waals surface area contributed by atoms with Crippen LogP contribution in [0.3, 0.4) is 0 Å². The highest BCUT2D eigenvalue weighted by molar-refractivity contribution is 5.85. The van der Waals surface area contributed by atoms with Crippen molar-refractivity contribution in [2.75, 3.05) is 14.2 Å². The van der Waals surface area contributed by atoms with Crippen molar-refractivity contribution >= 4 is 18.0 Å².